The Labute approximate surface area is 63.2 Å². The second kappa shape index (κ2) is 3.52. The molecule has 0 atom stereocenters. The molecule has 0 unspecified atom stereocenters. The molecule has 3 N–H and O–H groups in total. The molecule has 0 bridgehead atoms. The SMILES string of the molecule is NNC(=O)Oc1cccnc1. The van der Waals surface area contributed by atoms with Gasteiger partial charge in [0.05, 0.1) is 6.20 Å². The van der Waals surface area contributed by atoms with Crippen molar-refractivity contribution < 1.29 is 9.53 Å². The zero-order valence-electron chi connectivity index (χ0n) is 5.65. The Morgan fingerprint density at radius 1 is 1.73 bits per heavy atom. The standard InChI is InChI=1S/C6H7N3O2/c7-9-6(10)11-5-2-1-3-8-4-5/h1-4H,7H2,(H,9,10). The monoisotopic (exact) mass is 153 g/mol. The van der Waals surface area contributed by atoms with Crippen molar-refractivity contribution in [3.63, 3.8) is 0 Å². The molecule has 0 fully saturated rings. The first kappa shape index (κ1) is 7.49. The van der Waals surface area contributed by atoms with Crippen LogP contribution in [0.4, 0.5) is 4.79 Å². The molecule has 1 aromatic rings. The van der Waals surface area contributed by atoms with Crippen LogP contribution >= 0.6 is 0 Å². The molecule has 0 spiro atoms. The van der Waals surface area contributed by atoms with E-state index in [1.807, 2.05) is 5.43 Å². The van der Waals surface area contributed by atoms with Crippen molar-refractivity contribution in [2.45, 2.75) is 0 Å². The summed E-state index contributed by atoms with van der Waals surface area (Å²) in [7, 11) is 0. The number of amides is 1. The first-order valence-corrected chi connectivity index (χ1v) is 2.91. The molecule has 5 nitrogen and oxygen atoms in total. The third kappa shape index (κ3) is 2.23. The summed E-state index contributed by atoms with van der Waals surface area (Å²) in [5, 5.41) is 0. The van der Waals surface area contributed by atoms with Crippen LogP contribution in [-0.2, 0) is 0 Å². The van der Waals surface area contributed by atoms with Gasteiger partial charge in [0, 0.05) is 6.20 Å². The number of nitrogens with two attached hydrogens (primary N) is 1. The summed E-state index contributed by atoms with van der Waals surface area (Å²) in [5.41, 5.74) is 1.82. The Morgan fingerprint density at radius 2 is 2.55 bits per heavy atom. The first-order chi connectivity index (χ1) is 5.33. The molecule has 11 heavy (non-hydrogen) atoms. The third-order valence-corrected chi connectivity index (χ3v) is 0.963. The van der Waals surface area contributed by atoms with Gasteiger partial charge >= 0.3 is 6.09 Å². The molecule has 1 aromatic heterocycles. The Morgan fingerprint density at radius 3 is 3.09 bits per heavy atom. The molecule has 1 heterocycles. The van der Waals surface area contributed by atoms with Crippen molar-refractivity contribution in [2.75, 3.05) is 0 Å². The van der Waals surface area contributed by atoms with Gasteiger partial charge in [-0.15, -0.1) is 0 Å². The minimum atomic E-state index is -0.710. The summed E-state index contributed by atoms with van der Waals surface area (Å²) < 4.78 is 4.63. The minimum Gasteiger partial charge on any atom is -0.408 e. The molecular formula is C6H7N3O2. The molecule has 58 valence electrons. The molecule has 0 aliphatic carbocycles. The zero-order chi connectivity index (χ0) is 8.10. The van der Waals surface area contributed by atoms with E-state index in [1.54, 1.807) is 18.3 Å². The normalized spacial score (nSPS) is 8.82. The molecular weight excluding hydrogens is 146 g/mol. The van der Waals surface area contributed by atoms with E-state index in [0.29, 0.717) is 5.75 Å². The number of ether oxygens (including phenoxy) is 1. The lowest BCUT2D eigenvalue weighted by Crippen LogP contribution is -2.32. The quantitative estimate of drug-likeness (QED) is 0.339. The maximum atomic E-state index is 10.5. The van der Waals surface area contributed by atoms with E-state index in [1.165, 1.54) is 6.20 Å². The summed E-state index contributed by atoms with van der Waals surface area (Å²) in [6, 6.07) is 3.25. The Kier molecular flexibility index (Phi) is 2.40. The van der Waals surface area contributed by atoms with Crippen LogP contribution in [0.15, 0.2) is 24.5 Å². The van der Waals surface area contributed by atoms with E-state index in [4.69, 9.17) is 5.84 Å². The number of carbonyl (C=O) groups excluding carboxylic acids is 1. The highest BCUT2D eigenvalue weighted by Gasteiger charge is 1.98. The first-order valence-electron chi connectivity index (χ1n) is 2.91. The molecule has 1 rings (SSSR count). The predicted octanol–water partition coefficient (Wildman–Crippen LogP) is 0.0437. The van der Waals surface area contributed by atoms with Crippen LogP contribution in [0.5, 0.6) is 5.75 Å². The van der Waals surface area contributed by atoms with E-state index >= 15 is 0 Å². The van der Waals surface area contributed by atoms with E-state index < -0.39 is 6.09 Å². The van der Waals surface area contributed by atoms with Crippen molar-refractivity contribution in [3.05, 3.63) is 24.5 Å². The second-order valence-corrected chi connectivity index (χ2v) is 1.72. The van der Waals surface area contributed by atoms with Gasteiger partial charge in [-0.05, 0) is 12.1 Å². The van der Waals surface area contributed by atoms with Crippen molar-refractivity contribution in [3.8, 4) is 5.75 Å². The molecule has 0 aliphatic rings. The number of pyridine rings is 1. The lowest BCUT2D eigenvalue weighted by atomic mass is 10.5. The Balaban J connectivity index is 2.58. The van der Waals surface area contributed by atoms with Gasteiger partial charge in [-0.25, -0.2) is 10.6 Å². The average Bonchev–Trinajstić information content (AvgIpc) is 2.06. The van der Waals surface area contributed by atoms with Crippen molar-refractivity contribution in [1.82, 2.24) is 10.4 Å². The van der Waals surface area contributed by atoms with Gasteiger partial charge in [-0.2, -0.15) is 0 Å². The van der Waals surface area contributed by atoms with Gasteiger partial charge in [0.1, 0.15) is 0 Å². The summed E-state index contributed by atoms with van der Waals surface area (Å²) in [6.07, 6.45) is 2.28. The number of rotatable bonds is 1. The molecule has 5 heteroatoms. The van der Waals surface area contributed by atoms with Crippen molar-refractivity contribution in [1.29, 1.82) is 0 Å². The van der Waals surface area contributed by atoms with Crippen molar-refractivity contribution >= 4 is 6.09 Å². The van der Waals surface area contributed by atoms with Crippen LogP contribution in [0.2, 0.25) is 0 Å². The fourth-order valence-corrected chi connectivity index (χ4v) is 0.544. The van der Waals surface area contributed by atoms with Crippen LogP contribution in [0.1, 0.15) is 0 Å². The smallest absolute Gasteiger partial charge is 0.408 e. The van der Waals surface area contributed by atoms with E-state index in [0.717, 1.165) is 0 Å². The zero-order valence-corrected chi connectivity index (χ0v) is 5.65. The van der Waals surface area contributed by atoms with Crippen LogP contribution in [0.25, 0.3) is 0 Å². The topological polar surface area (TPSA) is 77.2 Å². The highest BCUT2D eigenvalue weighted by Crippen LogP contribution is 2.05. The molecule has 0 saturated heterocycles. The van der Waals surface area contributed by atoms with Gasteiger partial charge in [0.15, 0.2) is 5.75 Å². The van der Waals surface area contributed by atoms with E-state index in [-0.39, 0.29) is 0 Å². The molecule has 0 radical (unpaired) electrons. The van der Waals surface area contributed by atoms with Gasteiger partial charge in [-0.3, -0.25) is 10.4 Å². The molecule has 0 aliphatic heterocycles. The van der Waals surface area contributed by atoms with Gasteiger partial charge in [0.2, 0.25) is 0 Å². The highest BCUT2D eigenvalue weighted by atomic mass is 16.6. The Hall–Kier alpha value is -1.62. The van der Waals surface area contributed by atoms with Gasteiger partial charge < -0.3 is 4.74 Å². The van der Waals surface area contributed by atoms with Crippen LogP contribution in [0, 0.1) is 0 Å². The lowest BCUT2D eigenvalue weighted by molar-refractivity contribution is 0.200. The van der Waals surface area contributed by atoms with Gasteiger partial charge in [0.25, 0.3) is 0 Å². The largest absolute Gasteiger partial charge is 0.426 e. The maximum absolute atomic E-state index is 10.5. The number of nitrogens with zero attached hydrogens (tertiary/aromatic N) is 1. The highest BCUT2D eigenvalue weighted by molar-refractivity contribution is 5.69. The minimum absolute atomic E-state index is 0.357. The number of hydrogen-bond acceptors (Lipinski definition) is 4. The fraction of sp³-hybridized carbons (Fsp3) is 0. The number of carbonyl (C=O) groups is 1. The van der Waals surface area contributed by atoms with Crippen LogP contribution in [-0.4, -0.2) is 11.1 Å². The van der Waals surface area contributed by atoms with Gasteiger partial charge in [-0.1, -0.05) is 0 Å². The van der Waals surface area contributed by atoms with Crippen LogP contribution < -0.4 is 16.0 Å². The molecule has 1 amide bonds. The fourth-order valence-electron chi connectivity index (χ4n) is 0.544. The number of nitrogens with one attached hydrogen (secondary N) is 1. The molecule has 0 aromatic carbocycles. The Bertz CT molecular complexity index is 237. The number of aromatic nitrogens is 1. The van der Waals surface area contributed by atoms with E-state index in [2.05, 4.69) is 9.72 Å². The summed E-state index contributed by atoms with van der Waals surface area (Å²) in [5.74, 6) is 5.13. The maximum Gasteiger partial charge on any atom is 0.426 e. The lowest BCUT2D eigenvalue weighted by Gasteiger charge is -2.00. The predicted molar refractivity (Wildman–Crippen MR) is 37.6 cm³/mol. The summed E-state index contributed by atoms with van der Waals surface area (Å²) >= 11 is 0. The van der Waals surface area contributed by atoms with E-state index in [9.17, 15) is 4.79 Å². The summed E-state index contributed by atoms with van der Waals surface area (Å²) in [4.78, 5) is 14.2. The van der Waals surface area contributed by atoms with Crippen molar-refractivity contribution in [2.24, 2.45) is 5.84 Å². The summed E-state index contributed by atoms with van der Waals surface area (Å²) in [6.45, 7) is 0. The average molecular weight is 153 g/mol. The second-order valence-electron chi connectivity index (χ2n) is 1.72. The number of hydrogen-bond donors (Lipinski definition) is 2. The molecule has 0 saturated carbocycles. The third-order valence-electron chi connectivity index (χ3n) is 0.963. The number of hydrazine groups is 1. The van der Waals surface area contributed by atoms with Crippen LogP contribution in [0.3, 0.4) is 0 Å².